The van der Waals surface area contributed by atoms with Gasteiger partial charge in [-0.15, -0.1) is 0 Å². The molecule has 1 N–H and O–H groups in total. The minimum atomic E-state index is 0.378. The van der Waals surface area contributed by atoms with Crippen molar-refractivity contribution in [2.24, 2.45) is 5.92 Å². The molecular weight excluding hydrogens is 274 g/mol. The lowest BCUT2D eigenvalue weighted by molar-refractivity contribution is 0.133. The molecular formula is C15H20BrN. The van der Waals surface area contributed by atoms with E-state index in [1.165, 1.54) is 35.7 Å². The molecule has 92 valence electrons. The van der Waals surface area contributed by atoms with Crippen LogP contribution in [-0.2, 0) is 5.41 Å². The fraction of sp³-hybridized carbons (Fsp3) is 0.600. The third-order valence-corrected chi connectivity index (χ3v) is 5.35. The van der Waals surface area contributed by atoms with Crippen molar-refractivity contribution in [3.05, 3.63) is 34.3 Å². The number of benzene rings is 1. The summed E-state index contributed by atoms with van der Waals surface area (Å²) in [6.07, 6.45) is 5.45. The van der Waals surface area contributed by atoms with E-state index in [1.807, 2.05) is 0 Å². The Labute approximate surface area is 112 Å². The van der Waals surface area contributed by atoms with Crippen molar-refractivity contribution in [2.75, 3.05) is 6.54 Å². The highest BCUT2D eigenvalue weighted by Gasteiger charge is 2.46. The minimum absolute atomic E-state index is 0.378. The normalized spacial score (nSPS) is 32.2. The monoisotopic (exact) mass is 293 g/mol. The second-order valence-corrected chi connectivity index (χ2v) is 6.59. The van der Waals surface area contributed by atoms with E-state index in [2.05, 4.69) is 52.4 Å². The molecule has 1 aromatic carbocycles. The zero-order valence-corrected chi connectivity index (χ0v) is 12.0. The molecule has 1 nitrogen and oxygen atoms in total. The Morgan fingerprint density at radius 3 is 2.59 bits per heavy atom. The molecule has 0 aromatic heterocycles. The van der Waals surface area contributed by atoms with Crippen molar-refractivity contribution in [2.45, 2.75) is 44.1 Å². The van der Waals surface area contributed by atoms with E-state index in [-0.39, 0.29) is 0 Å². The van der Waals surface area contributed by atoms with Gasteiger partial charge in [-0.05, 0) is 43.2 Å². The average molecular weight is 294 g/mol. The maximum atomic E-state index is 3.73. The van der Waals surface area contributed by atoms with Gasteiger partial charge in [0.2, 0.25) is 0 Å². The van der Waals surface area contributed by atoms with Gasteiger partial charge in [0, 0.05) is 22.5 Å². The molecule has 0 amide bonds. The first-order valence-corrected chi connectivity index (χ1v) is 7.50. The Hall–Kier alpha value is -0.340. The predicted molar refractivity (Wildman–Crippen MR) is 75.2 cm³/mol. The van der Waals surface area contributed by atoms with Crippen LogP contribution in [0.15, 0.2) is 28.7 Å². The second kappa shape index (κ2) is 4.40. The molecule has 2 aliphatic rings. The Morgan fingerprint density at radius 2 is 2.06 bits per heavy atom. The van der Waals surface area contributed by atoms with Gasteiger partial charge in [-0.2, -0.15) is 0 Å². The first-order chi connectivity index (χ1) is 8.22. The summed E-state index contributed by atoms with van der Waals surface area (Å²) >= 11 is 3.73. The van der Waals surface area contributed by atoms with Crippen LogP contribution in [0.2, 0.25) is 0 Å². The summed E-state index contributed by atoms with van der Waals surface area (Å²) in [6, 6.07) is 9.57. The van der Waals surface area contributed by atoms with Crippen LogP contribution in [0.25, 0.3) is 0 Å². The molecule has 2 unspecified atom stereocenters. The van der Waals surface area contributed by atoms with Gasteiger partial charge in [0.05, 0.1) is 0 Å². The van der Waals surface area contributed by atoms with E-state index < -0.39 is 0 Å². The molecule has 2 fully saturated rings. The predicted octanol–water partition coefficient (Wildman–Crippen LogP) is 3.87. The Balaban J connectivity index is 1.85. The van der Waals surface area contributed by atoms with E-state index in [0.29, 0.717) is 5.41 Å². The Kier molecular flexibility index (Phi) is 3.04. The Morgan fingerprint density at radius 1 is 1.29 bits per heavy atom. The molecule has 3 rings (SSSR count). The lowest BCUT2D eigenvalue weighted by Gasteiger charge is -2.49. The maximum absolute atomic E-state index is 3.73. The highest BCUT2D eigenvalue weighted by molar-refractivity contribution is 9.10. The van der Waals surface area contributed by atoms with Crippen LogP contribution in [0.1, 0.15) is 38.2 Å². The van der Waals surface area contributed by atoms with Gasteiger partial charge >= 0.3 is 0 Å². The third-order valence-electron chi connectivity index (χ3n) is 4.66. The average Bonchev–Trinajstić information content (AvgIpc) is 3.14. The summed E-state index contributed by atoms with van der Waals surface area (Å²) in [5.74, 6) is 0.799. The Bertz CT molecular complexity index is 413. The molecule has 2 heteroatoms. The third kappa shape index (κ3) is 2.06. The quantitative estimate of drug-likeness (QED) is 0.889. The first-order valence-electron chi connectivity index (χ1n) is 6.71. The molecule has 2 saturated carbocycles. The van der Waals surface area contributed by atoms with Crippen molar-refractivity contribution in [1.82, 2.24) is 5.32 Å². The van der Waals surface area contributed by atoms with Gasteiger partial charge in [0.1, 0.15) is 0 Å². The molecule has 0 saturated heterocycles. The van der Waals surface area contributed by atoms with Gasteiger partial charge in [0.15, 0.2) is 0 Å². The van der Waals surface area contributed by atoms with Crippen molar-refractivity contribution < 1.29 is 0 Å². The van der Waals surface area contributed by atoms with Gasteiger partial charge < -0.3 is 5.32 Å². The number of halogens is 1. The van der Waals surface area contributed by atoms with Crippen molar-refractivity contribution in [3.63, 3.8) is 0 Å². The van der Waals surface area contributed by atoms with E-state index in [9.17, 15) is 0 Å². The molecule has 2 aliphatic carbocycles. The standard InChI is InChI=1S/C15H20BrN/c1-11-8-9-15(11,10-17-12-6-7-12)13-4-2-3-5-14(13)16/h2-5,11-12,17H,6-10H2,1H3. The number of rotatable bonds is 4. The topological polar surface area (TPSA) is 12.0 Å². The molecule has 2 atom stereocenters. The van der Waals surface area contributed by atoms with Crippen LogP contribution < -0.4 is 5.32 Å². The summed E-state index contributed by atoms with van der Waals surface area (Å²) in [4.78, 5) is 0. The minimum Gasteiger partial charge on any atom is -0.313 e. The maximum Gasteiger partial charge on any atom is 0.0213 e. The van der Waals surface area contributed by atoms with Gasteiger partial charge in [0.25, 0.3) is 0 Å². The van der Waals surface area contributed by atoms with Gasteiger partial charge in [-0.25, -0.2) is 0 Å². The molecule has 1 aromatic rings. The van der Waals surface area contributed by atoms with Crippen LogP contribution in [-0.4, -0.2) is 12.6 Å². The van der Waals surface area contributed by atoms with E-state index >= 15 is 0 Å². The molecule has 17 heavy (non-hydrogen) atoms. The van der Waals surface area contributed by atoms with Crippen LogP contribution >= 0.6 is 15.9 Å². The molecule has 0 aliphatic heterocycles. The highest BCUT2D eigenvalue weighted by Crippen LogP contribution is 2.50. The van der Waals surface area contributed by atoms with Crippen LogP contribution in [0.5, 0.6) is 0 Å². The zero-order chi connectivity index (χ0) is 11.9. The highest BCUT2D eigenvalue weighted by atomic mass is 79.9. The van der Waals surface area contributed by atoms with Crippen LogP contribution in [0, 0.1) is 5.92 Å². The van der Waals surface area contributed by atoms with E-state index in [1.54, 1.807) is 0 Å². The van der Waals surface area contributed by atoms with Crippen molar-refractivity contribution in [3.8, 4) is 0 Å². The van der Waals surface area contributed by atoms with Crippen molar-refractivity contribution >= 4 is 15.9 Å². The largest absolute Gasteiger partial charge is 0.313 e. The second-order valence-electron chi connectivity index (χ2n) is 5.73. The van der Waals surface area contributed by atoms with E-state index in [0.717, 1.165) is 18.5 Å². The van der Waals surface area contributed by atoms with Crippen LogP contribution in [0.4, 0.5) is 0 Å². The summed E-state index contributed by atoms with van der Waals surface area (Å²) in [6.45, 7) is 3.55. The summed E-state index contributed by atoms with van der Waals surface area (Å²) < 4.78 is 1.28. The first kappa shape index (κ1) is 11.7. The lowest BCUT2D eigenvalue weighted by Crippen LogP contribution is -2.50. The SMILES string of the molecule is CC1CCC1(CNC1CC1)c1ccccc1Br. The van der Waals surface area contributed by atoms with E-state index in [4.69, 9.17) is 0 Å². The van der Waals surface area contributed by atoms with Gasteiger partial charge in [-0.3, -0.25) is 0 Å². The fourth-order valence-corrected chi connectivity index (χ4v) is 3.70. The van der Waals surface area contributed by atoms with Crippen molar-refractivity contribution in [1.29, 1.82) is 0 Å². The fourth-order valence-electron chi connectivity index (χ4n) is 3.02. The molecule has 0 radical (unpaired) electrons. The van der Waals surface area contributed by atoms with Crippen LogP contribution in [0.3, 0.4) is 0 Å². The molecule has 0 bridgehead atoms. The molecule has 0 heterocycles. The summed E-state index contributed by atoms with van der Waals surface area (Å²) in [5, 5.41) is 3.73. The summed E-state index contributed by atoms with van der Waals surface area (Å²) in [7, 11) is 0. The number of hydrogen-bond acceptors (Lipinski definition) is 1. The lowest BCUT2D eigenvalue weighted by atomic mass is 9.57. The zero-order valence-electron chi connectivity index (χ0n) is 10.4. The smallest absolute Gasteiger partial charge is 0.0213 e. The summed E-state index contributed by atoms with van der Waals surface area (Å²) in [5.41, 5.74) is 1.88. The number of nitrogens with one attached hydrogen (secondary N) is 1. The molecule has 0 spiro atoms. The number of hydrogen-bond donors (Lipinski definition) is 1. The van der Waals surface area contributed by atoms with Gasteiger partial charge in [-0.1, -0.05) is 41.1 Å².